The van der Waals surface area contributed by atoms with Gasteiger partial charge in [0.05, 0.1) is 15.4 Å². The van der Waals surface area contributed by atoms with Crippen molar-refractivity contribution in [2.75, 3.05) is 0 Å². The number of carbonyl (C=O) groups excluding carboxylic acids is 1. The summed E-state index contributed by atoms with van der Waals surface area (Å²) in [7, 11) is 0. The summed E-state index contributed by atoms with van der Waals surface area (Å²) in [6, 6.07) is 7.10. The Kier molecular flexibility index (Phi) is 2.46. The van der Waals surface area contributed by atoms with E-state index in [-0.39, 0.29) is 11.5 Å². The summed E-state index contributed by atoms with van der Waals surface area (Å²) in [6.45, 7) is 0. The minimum absolute atomic E-state index is 0.167. The average molecular weight is 264 g/mol. The van der Waals surface area contributed by atoms with Crippen molar-refractivity contribution in [3.8, 4) is 0 Å². The number of rotatable bonds is 2. The molecule has 0 spiro atoms. The number of furan rings is 1. The Morgan fingerprint density at radius 3 is 3.00 bits per heavy atom. The SMILES string of the molecule is O=C(c1cc2cccc(Cl)c2o1)c1cncs1. The van der Waals surface area contributed by atoms with E-state index >= 15 is 0 Å². The fourth-order valence-electron chi connectivity index (χ4n) is 1.59. The minimum Gasteiger partial charge on any atom is -0.451 e. The van der Waals surface area contributed by atoms with Gasteiger partial charge < -0.3 is 4.42 Å². The molecule has 0 unspecified atom stereocenters. The molecule has 0 saturated heterocycles. The quantitative estimate of drug-likeness (QED) is 0.661. The number of halogens is 1. The van der Waals surface area contributed by atoms with Crippen molar-refractivity contribution < 1.29 is 9.21 Å². The van der Waals surface area contributed by atoms with Crippen molar-refractivity contribution >= 4 is 39.7 Å². The second-order valence-electron chi connectivity index (χ2n) is 3.46. The van der Waals surface area contributed by atoms with E-state index in [2.05, 4.69) is 4.98 Å². The molecule has 0 aliphatic heterocycles. The van der Waals surface area contributed by atoms with Crippen LogP contribution in [0.15, 0.2) is 40.4 Å². The zero-order valence-corrected chi connectivity index (χ0v) is 10.1. The first-order valence-corrected chi connectivity index (χ1v) is 6.13. The third kappa shape index (κ3) is 1.75. The number of thiazole rings is 1. The van der Waals surface area contributed by atoms with Gasteiger partial charge >= 0.3 is 0 Å². The van der Waals surface area contributed by atoms with Gasteiger partial charge in [-0.05, 0) is 12.1 Å². The van der Waals surface area contributed by atoms with Crippen LogP contribution < -0.4 is 0 Å². The van der Waals surface area contributed by atoms with Crippen LogP contribution in [0.2, 0.25) is 5.02 Å². The summed E-state index contributed by atoms with van der Waals surface area (Å²) in [5.74, 6) is 0.122. The normalized spacial score (nSPS) is 10.9. The van der Waals surface area contributed by atoms with E-state index in [1.165, 1.54) is 17.5 Å². The van der Waals surface area contributed by atoms with E-state index in [0.29, 0.717) is 15.5 Å². The molecule has 0 bridgehead atoms. The summed E-state index contributed by atoms with van der Waals surface area (Å²) < 4.78 is 5.48. The van der Waals surface area contributed by atoms with Gasteiger partial charge in [0.1, 0.15) is 0 Å². The smallest absolute Gasteiger partial charge is 0.239 e. The first-order valence-electron chi connectivity index (χ1n) is 4.87. The molecule has 0 N–H and O–H groups in total. The summed E-state index contributed by atoms with van der Waals surface area (Å²) in [6.07, 6.45) is 1.53. The first kappa shape index (κ1) is 10.5. The highest BCUT2D eigenvalue weighted by atomic mass is 35.5. The number of aromatic nitrogens is 1. The van der Waals surface area contributed by atoms with Crippen molar-refractivity contribution in [3.63, 3.8) is 0 Å². The number of fused-ring (bicyclic) bond motifs is 1. The molecule has 3 rings (SSSR count). The fraction of sp³-hybridized carbons (Fsp3) is 0. The Bertz CT molecular complexity index is 688. The Labute approximate surface area is 106 Å². The van der Waals surface area contributed by atoms with E-state index in [9.17, 15) is 4.79 Å². The highest BCUT2D eigenvalue weighted by Crippen LogP contribution is 2.28. The summed E-state index contributed by atoms with van der Waals surface area (Å²) >= 11 is 7.27. The van der Waals surface area contributed by atoms with E-state index < -0.39 is 0 Å². The van der Waals surface area contributed by atoms with Crippen LogP contribution in [-0.2, 0) is 0 Å². The molecule has 0 amide bonds. The van der Waals surface area contributed by atoms with E-state index in [0.717, 1.165) is 5.39 Å². The van der Waals surface area contributed by atoms with Crippen molar-refractivity contribution in [2.45, 2.75) is 0 Å². The second-order valence-corrected chi connectivity index (χ2v) is 4.76. The third-order valence-corrected chi connectivity index (χ3v) is 3.45. The molecule has 0 saturated carbocycles. The Hall–Kier alpha value is -1.65. The standard InChI is InChI=1S/C12H6ClNO2S/c13-8-3-1-2-7-4-9(16-12(7)8)11(15)10-5-14-6-17-10/h1-6H. The maximum Gasteiger partial charge on any atom is 0.239 e. The lowest BCUT2D eigenvalue weighted by Crippen LogP contribution is -1.95. The molecule has 0 aliphatic rings. The molecule has 84 valence electrons. The molecule has 0 radical (unpaired) electrons. The predicted molar refractivity (Wildman–Crippen MR) is 66.8 cm³/mol. The molecular formula is C12H6ClNO2S. The lowest BCUT2D eigenvalue weighted by molar-refractivity contribution is 0.101. The third-order valence-electron chi connectivity index (χ3n) is 2.38. The molecule has 0 aliphatic carbocycles. The van der Waals surface area contributed by atoms with Gasteiger partial charge in [-0.25, -0.2) is 0 Å². The molecule has 0 fully saturated rings. The van der Waals surface area contributed by atoms with Crippen LogP contribution in [0.5, 0.6) is 0 Å². The van der Waals surface area contributed by atoms with Crippen molar-refractivity contribution in [2.24, 2.45) is 0 Å². The summed E-state index contributed by atoms with van der Waals surface area (Å²) in [5.41, 5.74) is 2.16. The van der Waals surface area contributed by atoms with Crippen LogP contribution in [0, 0.1) is 0 Å². The first-order chi connectivity index (χ1) is 8.25. The number of para-hydroxylation sites is 1. The van der Waals surface area contributed by atoms with Crippen LogP contribution in [0.3, 0.4) is 0 Å². The number of nitrogens with zero attached hydrogens (tertiary/aromatic N) is 1. The Morgan fingerprint density at radius 2 is 2.29 bits per heavy atom. The van der Waals surface area contributed by atoms with E-state index in [4.69, 9.17) is 16.0 Å². The monoisotopic (exact) mass is 263 g/mol. The van der Waals surface area contributed by atoms with E-state index in [1.54, 1.807) is 17.6 Å². The van der Waals surface area contributed by atoms with Gasteiger partial charge in [-0.1, -0.05) is 23.7 Å². The van der Waals surface area contributed by atoms with Crippen LogP contribution in [-0.4, -0.2) is 10.8 Å². The maximum absolute atomic E-state index is 12.0. The maximum atomic E-state index is 12.0. The van der Waals surface area contributed by atoms with Gasteiger partial charge in [0.25, 0.3) is 0 Å². The Morgan fingerprint density at radius 1 is 1.41 bits per heavy atom. The molecule has 1 aromatic carbocycles. The second kappa shape index (κ2) is 3.98. The number of hydrogen-bond acceptors (Lipinski definition) is 4. The van der Waals surface area contributed by atoms with E-state index in [1.807, 2.05) is 12.1 Å². The Balaban J connectivity index is 2.13. The molecule has 2 aromatic heterocycles. The van der Waals surface area contributed by atoms with Gasteiger partial charge in [-0.15, -0.1) is 11.3 Å². The predicted octanol–water partition coefficient (Wildman–Crippen LogP) is 3.77. The van der Waals surface area contributed by atoms with Gasteiger partial charge in [-0.2, -0.15) is 0 Å². The zero-order chi connectivity index (χ0) is 11.8. The number of hydrogen-bond donors (Lipinski definition) is 0. The molecule has 17 heavy (non-hydrogen) atoms. The average Bonchev–Trinajstić information content (AvgIpc) is 2.98. The lowest BCUT2D eigenvalue weighted by atomic mass is 10.2. The zero-order valence-electron chi connectivity index (χ0n) is 8.51. The van der Waals surface area contributed by atoms with Crippen LogP contribution in [0.25, 0.3) is 11.0 Å². The van der Waals surface area contributed by atoms with Crippen LogP contribution in [0.4, 0.5) is 0 Å². The van der Waals surface area contributed by atoms with Crippen LogP contribution >= 0.6 is 22.9 Å². The van der Waals surface area contributed by atoms with Crippen molar-refractivity contribution in [3.05, 3.63) is 51.6 Å². The topological polar surface area (TPSA) is 43.1 Å². The minimum atomic E-state index is -0.167. The highest BCUT2D eigenvalue weighted by Gasteiger charge is 2.16. The number of ketones is 1. The number of benzene rings is 1. The lowest BCUT2D eigenvalue weighted by Gasteiger charge is -1.91. The molecular weight excluding hydrogens is 258 g/mol. The van der Waals surface area contributed by atoms with Gasteiger partial charge in [0.15, 0.2) is 11.3 Å². The van der Waals surface area contributed by atoms with Gasteiger partial charge in [-0.3, -0.25) is 9.78 Å². The molecule has 3 aromatic rings. The van der Waals surface area contributed by atoms with Crippen molar-refractivity contribution in [1.82, 2.24) is 4.98 Å². The fourth-order valence-corrected chi connectivity index (χ4v) is 2.37. The van der Waals surface area contributed by atoms with Gasteiger partial charge in [0, 0.05) is 11.6 Å². The summed E-state index contributed by atoms with van der Waals surface area (Å²) in [5, 5.41) is 1.33. The molecule has 3 nitrogen and oxygen atoms in total. The largest absolute Gasteiger partial charge is 0.451 e. The van der Waals surface area contributed by atoms with Crippen LogP contribution in [0.1, 0.15) is 15.4 Å². The molecule has 2 heterocycles. The summed E-state index contributed by atoms with van der Waals surface area (Å²) in [4.78, 5) is 16.4. The highest BCUT2D eigenvalue weighted by molar-refractivity contribution is 7.11. The molecule has 5 heteroatoms. The molecule has 0 atom stereocenters. The number of carbonyl (C=O) groups is 1. The van der Waals surface area contributed by atoms with Crippen molar-refractivity contribution in [1.29, 1.82) is 0 Å². The van der Waals surface area contributed by atoms with Gasteiger partial charge in [0.2, 0.25) is 5.78 Å².